The standard InChI is InChI=1S/C9H17BrN2S/c1-9(2,3)12(4)8-11-6-7(5-10)13-8/h7H,5-6H2,1-4H3. The molecule has 1 atom stereocenters. The third kappa shape index (κ3) is 2.88. The van der Waals surface area contributed by atoms with E-state index in [0.717, 1.165) is 11.9 Å². The van der Waals surface area contributed by atoms with Crippen molar-refractivity contribution in [1.29, 1.82) is 0 Å². The number of nitrogens with zero attached hydrogens (tertiary/aromatic N) is 2. The minimum atomic E-state index is 0.174. The van der Waals surface area contributed by atoms with E-state index in [1.54, 1.807) is 0 Å². The molecule has 0 amide bonds. The zero-order valence-corrected chi connectivity index (χ0v) is 11.1. The van der Waals surface area contributed by atoms with Crippen molar-refractivity contribution in [2.75, 3.05) is 18.9 Å². The van der Waals surface area contributed by atoms with Gasteiger partial charge in [-0.15, -0.1) is 0 Å². The van der Waals surface area contributed by atoms with Crippen molar-refractivity contribution in [1.82, 2.24) is 4.90 Å². The number of alkyl halides is 1. The average molecular weight is 265 g/mol. The fraction of sp³-hybridized carbons (Fsp3) is 0.889. The highest BCUT2D eigenvalue weighted by Crippen LogP contribution is 2.27. The molecule has 1 heterocycles. The van der Waals surface area contributed by atoms with Crippen molar-refractivity contribution in [3.8, 4) is 0 Å². The van der Waals surface area contributed by atoms with E-state index in [2.05, 4.69) is 53.6 Å². The summed E-state index contributed by atoms with van der Waals surface area (Å²) in [6.45, 7) is 7.57. The Balaban J connectivity index is 2.56. The van der Waals surface area contributed by atoms with E-state index >= 15 is 0 Å². The molecular formula is C9H17BrN2S. The van der Waals surface area contributed by atoms with Crippen LogP contribution in [0.5, 0.6) is 0 Å². The van der Waals surface area contributed by atoms with Gasteiger partial charge in [-0.1, -0.05) is 27.7 Å². The van der Waals surface area contributed by atoms with Gasteiger partial charge in [0.2, 0.25) is 0 Å². The average Bonchev–Trinajstić information content (AvgIpc) is 2.48. The van der Waals surface area contributed by atoms with Crippen LogP contribution in [0.1, 0.15) is 20.8 Å². The predicted molar refractivity (Wildman–Crippen MR) is 65.0 cm³/mol. The van der Waals surface area contributed by atoms with Gasteiger partial charge in [-0.05, 0) is 20.8 Å². The van der Waals surface area contributed by atoms with Gasteiger partial charge in [-0.25, -0.2) is 0 Å². The Bertz CT molecular complexity index is 210. The second-order valence-corrected chi connectivity index (χ2v) is 6.16. The summed E-state index contributed by atoms with van der Waals surface area (Å²) >= 11 is 5.37. The van der Waals surface area contributed by atoms with Crippen LogP contribution in [0.3, 0.4) is 0 Å². The van der Waals surface area contributed by atoms with Gasteiger partial charge >= 0.3 is 0 Å². The highest BCUT2D eigenvalue weighted by molar-refractivity contribution is 9.09. The van der Waals surface area contributed by atoms with Crippen molar-refractivity contribution in [2.24, 2.45) is 4.99 Å². The fourth-order valence-corrected chi connectivity index (χ4v) is 2.65. The Hall–Kier alpha value is 0.300. The van der Waals surface area contributed by atoms with Crippen molar-refractivity contribution in [3.63, 3.8) is 0 Å². The lowest BCUT2D eigenvalue weighted by Gasteiger charge is -2.33. The maximum atomic E-state index is 4.53. The molecular weight excluding hydrogens is 248 g/mol. The molecule has 0 aromatic carbocycles. The number of hydrogen-bond acceptors (Lipinski definition) is 3. The normalized spacial score (nSPS) is 23.2. The minimum absolute atomic E-state index is 0.174. The third-order valence-electron chi connectivity index (χ3n) is 2.17. The summed E-state index contributed by atoms with van der Waals surface area (Å²) in [6, 6.07) is 0. The zero-order chi connectivity index (χ0) is 10.1. The van der Waals surface area contributed by atoms with Crippen LogP contribution in [0.2, 0.25) is 0 Å². The number of thioether (sulfide) groups is 1. The topological polar surface area (TPSA) is 15.6 Å². The van der Waals surface area contributed by atoms with Crippen LogP contribution in [0.4, 0.5) is 0 Å². The van der Waals surface area contributed by atoms with E-state index in [9.17, 15) is 0 Å². The molecule has 4 heteroatoms. The summed E-state index contributed by atoms with van der Waals surface area (Å²) in [7, 11) is 2.11. The number of amidine groups is 1. The maximum Gasteiger partial charge on any atom is 0.159 e. The van der Waals surface area contributed by atoms with Crippen LogP contribution in [0.25, 0.3) is 0 Å². The van der Waals surface area contributed by atoms with E-state index in [4.69, 9.17) is 0 Å². The summed E-state index contributed by atoms with van der Waals surface area (Å²) in [6.07, 6.45) is 0. The van der Waals surface area contributed by atoms with Gasteiger partial charge in [-0.2, -0.15) is 0 Å². The molecule has 0 aromatic rings. The predicted octanol–water partition coefficient (Wildman–Crippen LogP) is 2.58. The quantitative estimate of drug-likeness (QED) is 0.677. The molecule has 2 nitrogen and oxygen atoms in total. The molecule has 0 radical (unpaired) electrons. The molecule has 1 unspecified atom stereocenters. The van der Waals surface area contributed by atoms with Crippen LogP contribution in [-0.2, 0) is 0 Å². The number of rotatable bonds is 1. The molecule has 76 valence electrons. The summed E-state index contributed by atoms with van der Waals surface area (Å²) < 4.78 is 0. The Morgan fingerprint density at radius 2 is 2.23 bits per heavy atom. The largest absolute Gasteiger partial charge is 0.350 e. The monoisotopic (exact) mass is 264 g/mol. The molecule has 13 heavy (non-hydrogen) atoms. The zero-order valence-electron chi connectivity index (χ0n) is 8.67. The van der Waals surface area contributed by atoms with E-state index in [0.29, 0.717) is 5.25 Å². The van der Waals surface area contributed by atoms with Crippen LogP contribution in [0.15, 0.2) is 4.99 Å². The second-order valence-electron chi connectivity index (χ2n) is 4.25. The van der Waals surface area contributed by atoms with E-state index < -0.39 is 0 Å². The molecule has 1 rings (SSSR count). The third-order valence-corrected chi connectivity index (χ3v) is 4.64. The Kier molecular flexibility index (Phi) is 3.69. The molecule has 0 bridgehead atoms. The lowest BCUT2D eigenvalue weighted by atomic mass is 10.1. The molecule has 0 aliphatic carbocycles. The summed E-state index contributed by atoms with van der Waals surface area (Å²) in [5, 5.41) is 2.83. The van der Waals surface area contributed by atoms with Gasteiger partial charge in [-0.3, -0.25) is 4.99 Å². The minimum Gasteiger partial charge on any atom is -0.350 e. The van der Waals surface area contributed by atoms with Crippen LogP contribution in [0, 0.1) is 0 Å². The first-order valence-corrected chi connectivity index (χ1v) is 6.46. The van der Waals surface area contributed by atoms with Crippen LogP contribution < -0.4 is 0 Å². The van der Waals surface area contributed by atoms with Crippen molar-refractivity contribution < 1.29 is 0 Å². The van der Waals surface area contributed by atoms with Gasteiger partial charge in [0.1, 0.15) is 0 Å². The smallest absolute Gasteiger partial charge is 0.159 e. The highest BCUT2D eigenvalue weighted by atomic mass is 79.9. The van der Waals surface area contributed by atoms with Crippen molar-refractivity contribution >= 4 is 32.9 Å². The Morgan fingerprint density at radius 3 is 2.62 bits per heavy atom. The second kappa shape index (κ2) is 4.22. The highest BCUT2D eigenvalue weighted by Gasteiger charge is 2.27. The first-order chi connectivity index (χ1) is 5.95. The van der Waals surface area contributed by atoms with Gasteiger partial charge in [0, 0.05) is 23.2 Å². The molecule has 0 fully saturated rings. The Morgan fingerprint density at radius 1 is 1.62 bits per heavy atom. The fourth-order valence-electron chi connectivity index (χ4n) is 0.956. The van der Waals surface area contributed by atoms with Crippen LogP contribution >= 0.6 is 27.7 Å². The number of aliphatic imine (C=N–C) groups is 1. The molecule has 0 N–H and O–H groups in total. The van der Waals surface area contributed by atoms with Crippen molar-refractivity contribution in [3.05, 3.63) is 0 Å². The van der Waals surface area contributed by atoms with Gasteiger partial charge in [0.05, 0.1) is 6.54 Å². The van der Waals surface area contributed by atoms with E-state index in [-0.39, 0.29) is 5.54 Å². The molecule has 0 spiro atoms. The molecule has 0 saturated carbocycles. The first-order valence-electron chi connectivity index (χ1n) is 4.46. The lowest BCUT2D eigenvalue weighted by Crippen LogP contribution is -2.40. The first kappa shape index (κ1) is 11.4. The molecule has 1 aliphatic heterocycles. The van der Waals surface area contributed by atoms with Gasteiger partial charge in [0.15, 0.2) is 5.17 Å². The number of hydrogen-bond donors (Lipinski definition) is 0. The van der Waals surface area contributed by atoms with Crippen molar-refractivity contribution in [2.45, 2.75) is 31.6 Å². The molecule has 0 aromatic heterocycles. The summed E-state index contributed by atoms with van der Waals surface area (Å²) in [5.41, 5.74) is 0.174. The lowest BCUT2D eigenvalue weighted by molar-refractivity contribution is 0.287. The van der Waals surface area contributed by atoms with E-state index in [1.807, 2.05) is 11.8 Å². The Labute approximate surface area is 93.3 Å². The van der Waals surface area contributed by atoms with Gasteiger partial charge < -0.3 is 4.90 Å². The summed E-state index contributed by atoms with van der Waals surface area (Å²) in [4.78, 5) is 6.78. The van der Waals surface area contributed by atoms with E-state index in [1.165, 1.54) is 5.17 Å². The maximum absolute atomic E-state index is 4.53. The van der Waals surface area contributed by atoms with Gasteiger partial charge in [0.25, 0.3) is 0 Å². The summed E-state index contributed by atoms with van der Waals surface area (Å²) in [5.74, 6) is 0. The van der Waals surface area contributed by atoms with Crippen LogP contribution in [-0.4, -0.2) is 39.8 Å². The number of halogens is 1. The molecule has 0 saturated heterocycles. The SMILES string of the molecule is CN(C1=NCC(CBr)S1)C(C)(C)C. The molecule has 1 aliphatic rings.